The third-order valence-electron chi connectivity index (χ3n) is 5.60. The summed E-state index contributed by atoms with van der Waals surface area (Å²) < 4.78 is 36.0. The Labute approximate surface area is 224 Å². The summed E-state index contributed by atoms with van der Waals surface area (Å²) in [7, 11) is 2.71. The summed E-state index contributed by atoms with van der Waals surface area (Å²) in [4.78, 5) is 29.4. The van der Waals surface area contributed by atoms with Crippen LogP contribution in [0.25, 0.3) is 0 Å². The highest BCUT2D eigenvalue weighted by Crippen LogP contribution is 2.36. The van der Waals surface area contributed by atoms with E-state index in [1.807, 2.05) is 6.92 Å². The van der Waals surface area contributed by atoms with Gasteiger partial charge in [0.25, 0.3) is 5.91 Å². The van der Waals surface area contributed by atoms with Gasteiger partial charge in [0.1, 0.15) is 29.5 Å². The molecular formula is C27H28ClFN2O7. The number of benzene rings is 2. The molecule has 202 valence electrons. The zero-order valence-electron chi connectivity index (χ0n) is 21.5. The summed E-state index contributed by atoms with van der Waals surface area (Å²) in [5, 5.41) is 12.9. The quantitative estimate of drug-likeness (QED) is 0.349. The molecule has 1 amide bonds. The summed E-state index contributed by atoms with van der Waals surface area (Å²) in [6.07, 6.45) is -0.615. The van der Waals surface area contributed by atoms with Crippen LogP contribution in [0.4, 0.5) is 4.39 Å². The molecule has 11 heteroatoms. The minimum absolute atomic E-state index is 0.0528. The molecule has 0 aliphatic carbocycles. The zero-order valence-corrected chi connectivity index (χ0v) is 22.2. The number of halogens is 2. The first kappa shape index (κ1) is 28.5. The maximum Gasteiger partial charge on any atom is 0.328 e. The number of ether oxygens (including phenoxy) is 4. The van der Waals surface area contributed by atoms with Crippen LogP contribution in [0.2, 0.25) is 5.02 Å². The van der Waals surface area contributed by atoms with Crippen molar-refractivity contribution in [2.45, 2.75) is 39.0 Å². The number of pyridine rings is 1. The van der Waals surface area contributed by atoms with Crippen molar-refractivity contribution in [1.82, 2.24) is 10.3 Å². The lowest BCUT2D eigenvalue weighted by atomic mass is 10.0. The normalized spacial score (nSPS) is 13.1. The lowest BCUT2D eigenvalue weighted by Gasteiger charge is -2.28. The average molecular weight is 547 g/mol. The molecule has 1 heterocycles. The molecule has 1 aromatic heterocycles. The van der Waals surface area contributed by atoms with E-state index < -0.39 is 41.7 Å². The molecule has 3 atom stereocenters. The molecule has 0 radical (unpaired) electrons. The molecule has 0 fully saturated rings. The smallest absolute Gasteiger partial charge is 0.328 e. The number of methoxy groups -OCH3 is 2. The van der Waals surface area contributed by atoms with Crippen molar-refractivity contribution in [1.29, 1.82) is 0 Å². The number of aromatic hydroxyl groups is 1. The van der Waals surface area contributed by atoms with Crippen molar-refractivity contribution in [2.75, 3.05) is 14.2 Å². The molecule has 0 unspecified atom stereocenters. The number of hydrogen-bond donors (Lipinski definition) is 2. The second-order valence-corrected chi connectivity index (χ2v) is 8.81. The number of carbonyl (C=O) groups is 2. The Morgan fingerprint density at radius 2 is 1.74 bits per heavy atom. The standard InChI is InChI=1S/C27H28ClFN2O7/c1-14-6-9-20(19(28)12-14)38-25(18-8-7-17(29)13-22(18)36-5)16(3)37-27(34)15(2)31-26(33)23-24(32)21(35-4)10-11-30-23/h6-13,15-16,25,32H,1-5H3,(H,31,33)/t15-,16-,25-/m0/s1. The largest absolute Gasteiger partial charge is 0.503 e. The van der Waals surface area contributed by atoms with E-state index in [9.17, 15) is 19.1 Å². The first-order valence-electron chi connectivity index (χ1n) is 11.5. The number of carbonyl (C=O) groups excluding carboxylic acids is 2. The van der Waals surface area contributed by atoms with Crippen LogP contribution in [-0.2, 0) is 9.53 Å². The summed E-state index contributed by atoms with van der Waals surface area (Å²) in [6, 6.07) is 9.33. The Balaban J connectivity index is 1.82. The van der Waals surface area contributed by atoms with Crippen LogP contribution in [0.3, 0.4) is 0 Å². The van der Waals surface area contributed by atoms with Crippen LogP contribution >= 0.6 is 11.6 Å². The van der Waals surface area contributed by atoms with Crippen molar-refractivity contribution < 1.29 is 38.0 Å². The van der Waals surface area contributed by atoms with Crippen molar-refractivity contribution in [3.8, 4) is 23.0 Å². The number of aromatic nitrogens is 1. The predicted octanol–water partition coefficient (Wildman–Crippen LogP) is 4.78. The molecule has 2 N–H and O–H groups in total. The highest BCUT2D eigenvalue weighted by molar-refractivity contribution is 6.32. The Bertz CT molecular complexity index is 1320. The van der Waals surface area contributed by atoms with Crippen LogP contribution in [0.15, 0.2) is 48.7 Å². The van der Waals surface area contributed by atoms with Gasteiger partial charge in [-0.05, 0) is 50.6 Å². The minimum atomic E-state index is -1.13. The Hall–Kier alpha value is -4.05. The van der Waals surface area contributed by atoms with Gasteiger partial charge in [-0.25, -0.2) is 14.2 Å². The van der Waals surface area contributed by atoms with Crippen LogP contribution in [0.5, 0.6) is 23.0 Å². The first-order valence-corrected chi connectivity index (χ1v) is 11.9. The van der Waals surface area contributed by atoms with Gasteiger partial charge < -0.3 is 29.4 Å². The minimum Gasteiger partial charge on any atom is -0.503 e. The van der Waals surface area contributed by atoms with Crippen LogP contribution in [-0.4, -0.2) is 48.3 Å². The van der Waals surface area contributed by atoms with E-state index in [1.165, 1.54) is 51.6 Å². The number of hydrogen-bond acceptors (Lipinski definition) is 8. The molecule has 0 aliphatic rings. The third kappa shape index (κ3) is 6.63. The maximum absolute atomic E-state index is 13.9. The highest BCUT2D eigenvalue weighted by Gasteiger charge is 2.31. The Morgan fingerprint density at radius 3 is 2.39 bits per heavy atom. The van der Waals surface area contributed by atoms with Crippen LogP contribution < -0.4 is 19.5 Å². The molecule has 9 nitrogen and oxygen atoms in total. The molecule has 0 saturated carbocycles. The topological polar surface area (TPSA) is 116 Å². The molecule has 0 saturated heterocycles. The molecule has 3 rings (SSSR count). The second-order valence-electron chi connectivity index (χ2n) is 8.41. The van der Waals surface area contributed by atoms with Gasteiger partial charge in [0.2, 0.25) is 0 Å². The van der Waals surface area contributed by atoms with E-state index >= 15 is 0 Å². The fourth-order valence-corrected chi connectivity index (χ4v) is 3.89. The zero-order chi connectivity index (χ0) is 28.0. The molecule has 0 bridgehead atoms. The average Bonchev–Trinajstić information content (AvgIpc) is 2.88. The maximum atomic E-state index is 13.9. The summed E-state index contributed by atoms with van der Waals surface area (Å²) in [5.41, 5.74) is 1.01. The van der Waals surface area contributed by atoms with Gasteiger partial charge in [0.05, 0.1) is 19.2 Å². The van der Waals surface area contributed by atoms with Gasteiger partial charge >= 0.3 is 5.97 Å². The summed E-state index contributed by atoms with van der Waals surface area (Å²) >= 11 is 6.36. The molecule has 38 heavy (non-hydrogen) atoms. The Kier molecular flexibility index (Phi) is 9.35. The van der Waals surface area contributed by atoms with Crippen LogP contribution in [0.1, 0.15) is 41.6 Å². The highest BCUT2D eigenvalue weighted by atomic mass is 35.5. The SMILES string of the molecule is COc1cc(F)ccc1[C@@H](Oc1ccc(C)cc1Cl)[C@H](C)OC(=O)[C@H](C)NC(=O)c1nccc(OC)c1O. The van der Waals surface area contributed by atoms with E-state index in [2.05, 4.69) is 10.3 Å². The lowest BCUT2D eigenvalue weighted by Crippen LogP contribution is -2.42. The number of esters is 1. The number of rotatable bonds is 10. The summed E-state index contributed by atoms with van der Waals surface area (Å²) in [5.74, 6) is -2.03. The third-order valence-corrected chi connectivity index (χ3v) is 5.89. The fourth-order valence-electron chi connectivity index (χ4n) is 3.61. The van der Waals surface area contributed by atoms with Crippen LogP contribution in [0, 0.1) is 12.7 Å². The van der Waals surface area contributed by atoms with E-state index in [-0.39, 0.29) is 17.2 Å². The molecule has 0 aliphatic heterocycles. The number of aryl methyl sites for hydroxylation is 1. The van der Waals surface area contributed by atoms with Crippen molar-refractivity contribution >= 4 is 23.5 Å². The van der Waals surface area contributed by atoms with E-state index in [4.69, 9.17) is 30.5 Å². The van der Waals surface area contributed by atoms with E-state index in [0.29, 0.717) is 16.3 Å². The van der Waals surface area contributed by atoms with Crippen molar-refractivity contribution in [3.05, 3.63) is 76.3 Å². The van der Waals surface area contributed by atoms with Crippen molar-refractivity contribution in [2.24, 2.45) is 0 Å². The monoisotopic (exact) mass is 546 g/mol. The van der Waals surface area contributed by atoms with Gasteiger partial charge in [-0.1, -0.05) is 17.7 Å². The molecule has 2 aromatic carbocycles. The van der Waals surface area contributed by atoms with Gasteiger partial charge in [-0.3, -0.25) is 4.79 Å². The van der Waals surface area contributed by atoms with Gasteiger partial charge in [-0.15, -0.1) is 0 Å². The number of amides is 1. The Morgan fingerprint density at radius 1 is 1.03 bits per heavy atom. The molecular weight excluding hydrogens is 519 g/mol. The van der Waals surface area contributed by atoms with E-state index in [1.54, 1.807) is 25.1 Å². The summed E-state index contributed by atoms with van der Waals surface area (Å²) in [6.45, 7) is 4.86. The molecule has 0 spiro atoms. The molecule has 3 aromatic rings. The number of nitrogens with zero attached hydrogens (tertiary/aromatic N) is 1. The van der Waals surface area contributed by atoms with Crippen molar-refractivity contribution in [3.63, 3.8) is 0 Å². The van der Waals surface area contributed by atoms with Gasteiger partial charge in [-0.2, -0.15) is 0 Å². The van der Waals surface area contributed by atoms with Gasteiger partial charge in [0, 0.05) is 23.9 Å². The lowest BCUT2D eigenvalue weighted by molar-refractivity contribution is -0.154. The second kappa shape index (κ2) is 12.5. The fraction of sp³-hybridized carbons (Fsp3) is 0.296. The van der Waals surface area contributed by atoms with E-state index in [0.717, 1.165) is 5.56 Å². The number of nitrogens with one attached hydrogen (secondary N) is 1. The van der Waals surface area contributed by atoms with Gasteiger partial charge in [0.15, 0.2) is 23.3 Å². The predicted molar refractivity (Wildman–Crippen MR) is 137 cm³/mol. The first-order chi connectivity index (χ1) is 18.0.